The maximum atomic E-state index is 11.7. The Hall–Kier alpha value is -1.36. The first-order valence-corrected chi connectivity index (χ1v) is 6.44. The molecule has 18 heavy (non-hydrogen) atoms. The first-order chi connectivity index (χ1) is 8.62. The van der Waals surface area contributed by atoms with E-state index in [-0.39, 0.29) is 17.9 Å². The third-order valence-corrected chi connectivity index (χ3v) is 3.20. The Labute approximate surface area is 109 Å². The zero-order chi connectivity index (χ0) is 13.5. The summed E-state index contributed by atoms with van der Waals surface area (Å²) in [5, 5.41) is 7.45. The van der Waals surface area contributed by atoms with Gasteiger partial charge < -0.3 is 4.74 Å². The van der Waals surface area contributed by atoms with Crippen molar-refractivity contribution < 1.29 is 9.53 Å². The Balaban J connectivity index is 2.58. The monoisotopic (exact) mass is 253 g/mol. The van der Waals surface area contributed by atoms with Gasteiger partial charge in [-0.3, -0.25) is 14.8 Å². The molecule has 0 aliphatic carbocycles. The number of hydrogen-bond acceptors (Lipinski definition) is 4. The minimum absolute atomic E-state index is 0.202. The molecule has 1 aromatic heterocycles. The van der Waals surface area contributed by atoms with E-state index in [1.54, 1.807) is 0 Å². The Kier molecular flexibility index (Phi) is 5.85. The van der Waals surface area contributed by atoms with Crippen molar-refractivity contribution in [3.05, 3.63) is 18.0 Å². The largest absolute Gasteiger partial charge is 0.468 e. The molecule has 2 atom stereocenters. The molecule has 0 saturated carbocycles. The predicted molar refractivity (Wildman–Crippen MR) is 70.0 cm³/mol. The van der Waals surface area contributed by atoms with Gasteiger partial charge >= 0.3 is 5.97 Å². The van der Waals surface area contributed by atoms with Crippen LogP contribution in [0.3, 0.4) is 0 Å². The number of carbonyl (C=O) groups is 1. The van der Waals surface area contributed by atoms with E-state index < -0.39 is 0 Å². The number of nitrogens with zero attached hydrogens (tertiary/aromatic N) is 2. The van der Waals surface area contributed by atoms with Gasteiger partial charge in [0.1, 0.15) is 6.04 Å². The number of aromatic nitrogens is 2. The number of carbonyl (C=O) groups excluding carboxylic acids is 1. The molecule has 102 valence electrons. The Morgan fingerprint density at radius 3 is 2.78 bits per heavy atom. The topological polar surface area (TPSA) is 56.2 Å². The van der Waals surface area contributed by atoms with E-state index in [1.165, 1.54) is 7.11 Å². The molecule has 0 bridgehead atoms. The van der Waals surface area contributed by atoms with E-state index in [1.807, 2.05) is 30.9 Å². The fourth-order valence-corrected chi connectivity index (χ4v) is 1.78. The van der Waals surface area contributed by atoms with E-state index in [4.69, 9.17) is 4.74 Å². The van der Waals surface area contributed by atoms with Crippen LogP contribution in [0.1, 0.15) is 32.8 Å². The normalized spacial score (nSPS) is 14.2. The lowest BCUT2D eigenvalue weighted by molar-refractivity contribution is -0.144. The number of rotatable bonds is 7. The van der Waals surface area contributed by atoms with Crippen molar-refractivity contribution in [3.63, 3.8) is 0 Å². The van der Waals surface area contributed by atoms with E-state index >= 15 is 0 Å². The highest BCUT2D eigenvalue weighted by Gasteiger charge is 2.24. The van der Waals surface area contributed by atoms with Gasteiger partial charge in [-0.25, -0.2) is 0 Å². The average molecular weight is 253 g/mol. The van der Waals surface area contributed by atoms with Crippen LogP contribution in [0.15, 0.2) is 12.4 Å². The van der Waals surface area contributed by atoms with E-state index in [0.717, 1.165) is 18.5 Å². The average Bonchev–Trinajstić information content (AvgIpc) is 2.86. The number of esters is 1. The molecule has 1 N–H and O–H groups in total. The van der Waals surface area contributed by atoms with E-state index in [2.05, 4.69) is 17.3 Å². The van der Waals surface area contributed by atoms with Crippen LogP contribution in [-0.4, -0.2) is 28.9 Å². The molecule has 0 radical (unpaired) electrons. The molecule has 0 aliphatic heterocycles. The molecule has 0 aromatic carbocycles. The summed E-state index contributed by atoms with van der Waals surface area (Å²) in [6.07, 6.45) is 4.74. The molecule has 1 aromatic rings. The highest BCUT2D eigenvalue weighted by Crippen LogP contribution is 2.10. The van der Waals surface area contributed by atoms with Crippen LogP contribution >= 0.6 is 0 Å². The van der Waals surface area contributed by atoms with Crippen molar-refractivity contribution in [3.8, 4) is 0 Å². The number of nitrogens with one attached hydrogen (secondary N) is 1. The van der Waals surface area contributed by atoms with Gasteiger partial charge in [0.2, 0.25) is 0 Å². The summed E-state index contributed by atoms with van der Waals surface area (Å²) in [6, 6.07) is -0.259. The van der Waals surface area contributed by atoms with Gasteiger partial charge in [-0.05, 0) is 12.8 Å². The second-order valence-electron chi connectivity index (χ2n) is 4.47. The number of methoxy groups -OCH3 is 1. The van der Waals surface area contributed by atoms with Gasteiger partial charge in [0.15, 0.2) is 0 Å². The number of aryl methyl sites for hydroxylation is 1. The third kappa shape index (κ3) is 3.84. The summed E-state index contributed by atoms with van der Waals surface area (Å²) in [7, 11) is 1.43. The fraction of sp³-hybridized carbons (Fsp3) is 0.692. The third-order valence-electron chi connectivity index (χ3n) is 3.20. The molecule has 0 amide bonds. The van der Waals surface area contributed by atoms with Crippen LogP contribution in [0, 0.1) is 5.92 Å². The SMILES string of the molecule is CCC(C)C(NCc1cnn(CC)c1)C(=O)OC. The van der Waals surface area contributed by atoms with Gasteiger partial charge in [-0.2, -0.15) is 5.10 Å². The summed E-state index contributed by atoms with van der Waals surface area (Å²) in [4.78, 5) is 11.7. The minimum atomic E-state index is -0.259. The molecular formula is C13H23N3O2. The molecule has 0 saturated heterocycles. The zero-order valence-electron chi connectivity index (χ0n) is 11.6. The Morgan fingerprint density at radius 1 is 1.56 bits per heavy atom. The molecule has 0 fully saturated rings. The highest BCUT2D eigenvalue weighted by atomic mass is 16.5. The van der Waals surface area contributed by atoms with Gasteiger partial charge in [0.25, 0.3) is 0 Å². The lowest BCUT2D eigenvalue weighted by Crippen LogP contribution is -2.42. The maximum absolute atomic E-state index is 11.7. The smallest absolute Gasteiger partial charge is 0.323 e. The van der Waals surface area contributed by atoms with Crippen molar-refractivity contribution in [2.75, 3.05) is 7.11 Å². The van der Waals surface area contributed by atoms with Crippen LogP contribution in [0.2, 0.25) is 0 Å². The standard InChI is InChI=1S/C13H23N3O2/c1-5-10(3)12(13(17)18-4)14-7-11-8-15-16(6-2)9-11/h8-10,12,14H,5-7H2,1-4H3. The quantitative estimate of drug-likeness (QED) is 0.750. The van der Waals surface area contributed by atoms with Crippen LogP contribution in [0.5, 0.6) is 0 Å². The molecule has 1 rings (SSSR count). The Bertz CT molecular complexity index is 376. The second-order valence-corrected chi connectivity index (χ2v) is 4.47. The predicted octanol–water partition coefficient (Wildman–Crippen LogP) is 1.58. The zero-order valence-corrected chi connectivity index (χ0v) is 11.6. The fourth-order valence-electron chi connectivity index (χ4n) is 1.78. The lowest BCUT2D eigenvalue weighted by atomic mass is 9.99. The molecule has 5 heteroatoms. The van der Waals surface area contributed by atoms with Gasteiger partial charge in [-0.1, -0.05) is 20.3 Å². The number of hydrogen-bond donors (Lipinski definition) is 1. The van der Waals surface area contributed by atoms with Crippen molar-refractivity contribution in [2.24, 2.45) is 5.92 Å². The summed E-state index contributed by atoms with van der Waals surface area (Å²) in [5.74, 6) is 0.0471. The van der Waals surface area contributed by atoms with Crippen molar-refractivity contribution in [1.82, 2.24) is 15.1 Å². The maximum Gasteiger partial charge on any atom is 0.323 e. The van der Waals surface area contributed by atoms with E-state index in [9.17, 15) is 4.79 Å². The molecule has 5 nitrogen and oxygen atoms in total. The molecule has 0 aliphatic rings. The summed E-state index contributed by atoms with van der Waals surface area (Å²) in [6.45, 7) is 7.64. The van der Waals surface area contributed by atoms with E-state index in [0.29, 0.717) is 6.54 Å². The van der Waals surface area contributed by atoms with Crippen LogP contribution in [0.4, 0.5) is 0 Å². The van der Waals surface area contributed by atoms with Gasteiger partial charge in [0.05, 0.1) is 13.3 Å². The summed E-state index contributed by atoms with van der Waals surface area (Å²) < 4.78 is 6.70. The van der Waals surface area contributed by atoms with Crippen LogP contribution < -0.4 is 5.32 Å². The minimum Gasteiger partial charge on any atom is -0.468 e. The van der Waals surface area contributed by atoms with Crippen LogP contribution in [0.25, 0.3) is 0 Å². The van der Waals surface area contributed by atoms with Gasteiger partial charge in [0, 0.05) is 24.8 Å². The van der Waals surface area contributed by atoms with Crippen molar-refractivity contribution in [1.29, 1.82) is 0 Å². The van der Waals surface area contributed by atoms with Gasteiger partial charge in [-0.15, -0.1) is 0 Å². The molecule has 0 spiro atoms. The van der Waals surface area contributed by atoms with Crippen molar-refractivity contribution in [2.45, 2.75) is 46.3 Å². The van der Waals surface area contributed by atoms with Crippen molar-refractivity contribution >= 4 is 5.97 Å². The molecule has 2 unspecified atom stereocenters. The molecular weight excluding hydrogens is 230 g/mol. The lowest BCUT2D eigenvalue weighted by Gasteiger charge is -2.21. The van der Waals surface area contributed by atoms with Crippen LogP contribution in [-0.2, 0) is 22.6 Å². The molecule has 1 heterocycles. The second kappa shape index (κ2) is 7.16. The summed E-state index contributed by atoms with van der Waals surface area (Å²) in [5.41, 5.74) is 1.08. The number of ether oxygens (including phenoxy) is 1. The summed E-state index contributed by atoms with van der Waals surface area (Å²) >= 11 is 0. The Morgan fingerprint density at radius 2 is 2.28 bits per heavy atom. The highest BCUT2D eigenvalue weighted by molar-refractivity contribution is 5.75. The first kappa shape index (κ1) is 14.7. The first-order valence-electron chi connectivity index (χ1n) is 6.44.